The van der Waals surface area contributed by atoms with Crippen molar-refractivity contribution in [2.75, 3.05) is 0 Å². The van der Waals surface area contributed by atoms with Crippen molar-refractivity contribution in [1.29, 1.82) is 0 Å². The summed E-state index contributed by atoms with van der Waals surface area (Å²) in [6.45, 7) is 0. The Morgan fingerprint density at radius 3 is 1.64 bits per heavy atom. The number of hydrogen-bond acceptors (Lipinski definition) is 2. The summed E-state index contributed by atoms with van der Waals surface area (Å²) in [6.07, 6.45) is 10.8. The highest BCUT2D eigenvalue weighted by Gasteiger charge is 2.09. The van der Waals surface area contributed by atoms with E-state index in [1.165, 1.54) is 0 Å². The first-order valence-electron chi connectivity index (χ1n) is 3.95. The molecule has 0 radical (unpaired) electrons. The zero-order valence-electron chi connectivity index (χ0n) is 7.28. The minimum absolute atomic E-state index is 0.925. The maximum atomic E-state index is 5.40. The van der Waals surface area contributed by atoms with Gasteiger partial charge in [0.15, 0.2) is 0 Å². The summed E-state index contributed by atoms with van der Waals surface area (Å²) in [5.74, 6) is 5.33. The second-order valence-corrected chi connectivity index (χ2v) is 4.45. The number of terminal acetylenes is 2. The van der Waals surface area contributed by atoms with E-state index < -0.39 is 0 Å². The van der Waals surface area contributed by atoms with Crippen LogP contribution in [0.15, 0.2) is 22.9 Å². The zero-order chi connectivity index (χ0) is 9.97. The SMILES string of the molecule is C#Cc1ccsc1-c1sccc1C#C. The molecule has 2 aromatic rings. The van der Waals surface area contributed by atoms with E-state index in [1.54, 1.807) is 22.7 Å². The molecule has 0 aromatic carbocycles. The van der Waals surface area contributed by atoms with Gasteiger partial charge < -0.3 is 0 Å². The Bertz CT molecular complexity index is 479. The molecular weight excluding hydrogens is 208 g/mol. The monoisotopic (exact) mass is 214 g/mol. The van der Waals surface area contributed by atoms with Crippen LogP contribution in [0, 0.1) is 24.7 Å². The molecule has 0 amide bonds. The Morgan fingerprint density at radius 1 is 0.857 bits per heavy atom. The Balaban J connectivity index is 2.62. The van der Waals surface area contributed by atoms with Crippen molar-refractivity contribution < 1.29 is 0 Å². The fourth-order valence-electron chi connectivity index (χ4n) is 1.20. The van der Waals surface area contributed by atoms with Gasteiger partial charge in [0.2, 0.25) is 0 Å². The molecule has 0 aliphatic carbocycles. The third-order valence-electron chi connectivity index (χ3n) is 1.85. The molecule has 0 unspecified atom stereocenters. The molecule has 0 saturated carbocycles. The highest BCUT2D eigenvalue weighted by atomic mass is 32.1. The predicted molar refractivity (Wildman–Crippen MR) is 63.5 cm³/mol. The van der Waals surface area contributed by atoms with Crippen LogP contribution in [0.4, 0.5) is 0 Å². The van der Waals surface area contributed by atoms with Gasteiger partial charge >= 0.3 is 0 Å². The van der Waals surface area contributed by atoms with Crippen LogP contribution in [0.25, 0.3) is 9.75 Å². The summed E-state index contributed by atoms with van der Waals surface area (Å²) < 4.78 is 0. The van der Waals surface area contributed by atoms with Crippen molar-refractivity contribution >= 4 is 22.7 Å². The van der Waals surface area contributed by atoms with Gasteiger partial charge in [-0.05, 0) is 22.9 Å². The lowest BCUT2D eigenvalue weighted by molar-refractivity contribution is 1.79. The lowest BCUT2D eigenvalue weighted by Crippen LogP contribution is -1.75. The molecule has 2 aromatic heterocycles. The van der Waals surface area contributed by atoms with E-state index in [9.17, 15) is 0 Å². The average Bonchev–Trinajstić information content (AvgIpc) is 2.85. The van der Waals surface area contributed by atoms with Crippen LogP contribution in [-0.4, -0.2) is 0 Å². The molecular formula is C12H6S2. The molecule has 66 valence electrons. The van der Waals surface area contributed by atoms with Crippen LogP contribution in [0.2, 0.25) is 0 Å². The first-order chi connectivity index (χ1) is 6.86. The molecule has 0 fully saturated rings. The van der Waals surface area contributed by atoms with E-state index in [0.29, 0.717) is 0 Å². The average molecular weight is 214 g/mol. The van der Waals surface area contributed by atoms with E-state index in [1.807, 2.05) is 22.9 Å². The quantitative estimate of drug-likeness (QED) is 0.638. The molecule has 0 saturated heterocycles. The fourth-order valence-corrected chi connectivity index (χ4v) is 3.11. The summed E-state index contributed by atoms with van der Waals surface area (Å²) in [5.41, 5.74) is 1.85. The van der Waals surface area contributed by atoms with Crippen molar-refractivity contribution in [1.82, 2.24) is 0 Å². The molecule has 0 spiro atoms. The third kappa shape index (κ3) is 1.36. The molecule has 0 atom stereocenters. The van der Waals surface area contributed by atoms with Gasteiger partial charge in [-0.1, -0.05) is 11.8 Å². The summed E-state index contributed by atoms with van der Waals surface area (Å²) in [7, 11) is 0. The van der Waals surface area contributed by atoms with Crippen molar-refractivity contribution in [2.45, 2.75) is 0 Å². The molecule has 0 N–H and O–H groups in total. The van der Waals surface area contributed by atoms with Crippen LogP contribution >= 0.6 is 22.7 Å². The molecule has 0 aliphatic rings. The van der Waals surface area contributed by atoms with Crippen molar-refractivity contribution in [3.05, 3.63) is 34.0 Å². The lowest BCUT2D eigenvalue weighted by Gasteiger charge is -1.95. The summed E-state index contributed by atoms with van der Waals surface area (Å²) in [6, 6.07) is 3.89. The molecule has 2 heteroatoms. The molecule has 0 aliphatic heterocycles. The Labute approximate surface area is 91.2 Å². The molecule has 0 nitrogen and oxygen atoms in total. The zero-order valence-corrected chi connectivity index (χ0v) is 8.91. The van der Waals surface area contributed by atoms with E-state index in [2.05, 4.69) is 11.8 Å². The first kappa shape index (κ1) is 9.09. The normalized spacial score (nSPS) is 9.29. The van der Waals surface area contributed by atoms with E-state index in [-0.39, 0.29) is 0 Å². The fraction of sp³-hybridized carbons (Fsp3) is 0. The summed E-state index contributed by atoms with van der Waals surface area (Å²) in [4.78, 5) is 2.21. The van der Waals surface area contributed by atoms with Crippen LogP contribution in [0.1, 0.15) is 11.1 Å². The number of rotatable bonds is 1. The largest absolute Gasteiger partial charge is 0.142 e. The molecule has 0 bridgehead atoms. The molecule has 14 heavy (non-hydrogen) atoms. The highest BCUT2D eigenvalue weighted by Crippen LogP contribution is 2.35. The minimum atomic E-state index is 0.925. The molecule has 2 heterocycles. The summed E-state index contributed by atoms with van der Waals surface area (Å²) >= 11 is 3.27. The highest BCUT2D eigenvalue weighted by molar-refractivity contribution is 7.20. The minimum Gasteiger partial charge on any atom is -0.142 e. The van der Waals surface area contributed by atoms with Gasteiger partial charge in [-0.2, -0.15) is 0 Å². The predicted octanol–water partition coefficient (Wildman–Crippen LogP) is 3.44. The summed E-state index contributed by atoms with van der Waals surface area (Å²) in [5, 5.41) is 3.98. The van der Waals surface area contributed by atoms with Gasteiger partial charge in [-0.15, -0.1) is 35.5 Å². The lowest BCUT2D eigenvalue weighted by atomic mass is 10.2. The second-order valence-electron chi connectivity index (χ2n) is 2.62. The first-order valence-corrected chi connectivity index (χ1v) is 5.71. The van der Waals surface area contributed by atoms with Gasteiger partial charge in [-0.25, -0.2) is 0 Å². The van der Waals surface area contributed by atoms with Gasteiger partial charge in [0.1, 0.15) is 0 Å². The standard InChI is InChI=1S/C12H6S2/c1-3-9-5-7-13-11(9)12-10(4-2)6-8-14-12/h1-2,5-8H. The van der Waals surface area contributed by atoms with Gasteiger partial charge in [0.25, 0.3) is 0 Å². The number of hydrogen-bond donors (Lipinski definition) is 0. The third-order valence-corrected chi connectivity index (χ3v) is 3.84. The van der Waals surface area contributed by atoms with Crippen LogP contribution < -0.4 is 0 Å². The van der Waals surface area contributed by atoms with E-state index in [4.69, 9.17) is 12.8 Å². The van der Waals surface area contributed by atoms with E-state index >= 15 is 0 Å². The van der Waals surface area contributed by atoms with Crippen LogP contribution in [0.3, 0.4) is 0 Å². The van der Waals surface area contributed by atoms with Crippen molar-refractivity contribution in [3.8, 4) is 34.4 Å². The van der Waals surface area contributed by atoms with Gasteiger partial charge in [0, 0.05) is 11.1 Å². The van der Waals surface area contributed by atoms with Crippen LogP contribution in [-0.2, 0) is 0 Å². The topological polar surface area (TPSA) is 0 Å². The second kappa shape index (κ2) is 3.72. The Kier molecular flexibility index (Phi) is 2.41. The van der Waals surface area contributed by atoms with Gasteiger partial charge in [0.05, 0.1) is 9.75 Å². The van der Waals surface area contributed by atoms with Crippen molar-refractivity contribution in [3.63, 3.8) is 0 Å². The van der Waals surface area contributed by atoms with Crippen LogP contribution in [0.5, 0.6) is 0 Å². The van der Waals surface area contributed by atoms with E-state index in [0.717, 1.165) is 20.9 Å². The smallest absolute Gasteiger partial charge is 0.0611 e. The Hall–Kier alpha value is -1.48. The maximum Gasteiger partial charge on any atom is 0.0611 e. The molecule has 2 rings (SSSR count). The number of thiophene rings is 2. The maximum absolute atomic E-state index is 5.40. The van der Waals surface area contributed by atoms with Gasteiger partial charge in [-0.3, -0.25) is 0 Å². The Morgan fingerprint density at radius 2 is 1.29 bits per heavy atom. The van der Waals surface area contributed by atoms with Crippen molar-refractivity contribution in [2.24, 2.45) is 0 Å².